The van der Waals surface area contributed by atoms with Gasteiger partial charge >= 0.3 is 0 Å². The molecule has 0 spiro atoms. The van der Waals surface area contributed by atoms with Gasteiger partial charge in [-0.1, -0.05) is 23.2 Å². The van der Waals surface area contributed by atoms with Crippen molar-refractivity contribution in [3.63, 3.8) is 0 Å². The number of sulfonamides is 1. The summed E-state index contributed by atoms with van der Waals surface area (Å²) in [5, 5.41) is 3.07. The molecule has 1 heterocycles. The zero-order chi connectivity index (χ0) is 18.6. The van der Waals surface area contributed by atoms with Gasteiger partial charge in [0.05, 0.1) is 17.2 Å². The second kappa shape index (κ2) is 8.58. The van der Waals surface area contributed by atoms with Crippen LogP contribution in [0.25, 0.3) is 0 Å². The van der Waals surface area contributed by atoms with Gasteiger partial charge in [0.1, 0.15) is 10.6 Å². The molecule has 1 fully saturated rings. The zero-order valence-corrected chi connectivity index (χ0v) is 16.5. The van der Waals surface area contributed by atoms with Crippen LogP contribution >= 0.6 is 23.2 Å². The minimum Gasteiger partial charge on any atom is -0.495 e. The second-order valence-corrected chi connectivity index (χ2v) is 8.76. The average molecular weight is 409 g/mol. The van der Waals surface area contributed by atoms with E-state index in [-0.39, 0.29) is 20.8 Å². The van der Waals surface area contributed by atoms with Gasteiger partial charge in [-0.25, -0.2) is 8.42 Å². The quantitative estimate of drug-likeness (QED) is 0.784. The van der Waals surface area contributed by atoms with Gasteiger partial charge in [-0.2, -0.15) is 4.31 Å². The number of amides is 1. The molecule has 9 heteroatoms. The Kier molecular flexibility index (Phi) is 6.96. The molecule has 0 aromatic heterocycles. The summed E-state index contributed by atoms with van der Waals surface area (Å²) in [5.41, 5.74) is 0. The molecule has 0 bridgehead atoms. The van der Waals surface area contributed by atoms with Gasteiger partial charge in [-0.3, -0.25) is 4.79 Å². The topological polar surface area (TPSA) is 75.7 Å². The molecule has 1 N–H and O–H groups in total. The first-order chi connectivity index (χ1) is 11.8. The molecule has 140 valence electrons. The number of benzene rings is 1. The van der Waals surface area contributed by atoms with Crippen molar-refractivity contribution in [1.82, 2.24) is 9.62 Å². The fourth-order valence-corrected chi connectivity index (χ4v) is 5.19. The van der Waals surface area contributed by atoms with Crippen LogP contribution in [0.2, 0.25) is 10.0 Å². The number of hydrogen-bond acceptors (Lipinski definition) is 4. The molecule has 0 unspecified atom stereocenters. The number of nitrogens with one attached hydrogen (secondary N) is 1. The highest BCUT2D eigenvalue weighted by Crippen LogP contribution is 2.35. The summed E-state index contributed by atoms with van der Waals surface area (Å²) < 4.78 is 32.2. The first-order valence-electron chi connectivity index (χ1n) is 8.03. The van der Waals surface area contributed by atoms with Crippen molar-refractivity contribution < 1.29 is 17.9 Å². The Morgan fingerprint density at radius 3 is 2.48 bits per heavy atom. The Bertz CT molecular complexity index is 732. The molecule has 1 aromatic rings. The molecule has 1 aliphatic rings. The third kappa shape index (κ3) is 5.00. The minimum absolute atomic E-state index is 0.00309. The first-order valence-corrected chi connectivity index (χ1v) is 10.2. The Balaban J connectivity index is 2.05. The van der Waals surface area contributed by atoms with E-state index in [9.17, 15) is 13.2 Å². The SMILES string of the molecule is COc1cc(Cl)c(S(=O)(=O)N2CCC(CCNC(C)=O)CC2)cc1Cl. The number of nitrogens with zero attached hydrogens (tertiary/aromatic N) is 1. The Morgan fingerprint density at radius 1 is 1.28 bits per heavy atom. The van der Waals surface area contributed by atoms with E-state index in [1.165, 1.54) is 30.5 Å². The Labute approximate surface area is 158 Å². The molecule has 25 heavy (non-hydrogen) atoms. The van der Waals surface area contributed by atoms with Crippen LogP contribution in [0.4, 0.5) is 0 Å². The maximum atomic E-state index is 12.9. The monoisotopic (exact) mass is 408 g/mol. The van der Waals surface area contributed by atoms with E-state index in [1.807, 2.05) is 0 Å². The molecule has 0 atom stereocenters. The summed E-state index contributed by atoms with van der Waals surface area (Å²) in [6.45, 7) is 2.95. The number of methoxy groups -OCH3 is 1. The third-order valence-electron chi connectivity index (χ3n) is 4.32. The number of rotatable bonds is 6. The number of piperidine rings is 1. The fraction of sp³-hybridized carbons (Fsp3) is 0.562. The standard InChI is InChI=1S/C16H22Cl2N2O4S/c1-11(21)19-6-3-12-4-7-20(8-5-12)25(22,23)16-10-13(17)15(24-2)9-14(16)18/h9-10,12H,3-8H2,1-2H3,(H,19,21). The number of carbonyl (C=O) groups is 1. The van der Waals surface area contributed by atoms with E-state index in [0.29, 0.717) is 31.3 Å². The lowest BCUT2D eigenvalue weighted by Crippen LogP contribution is -2.39. The molecular formula is C16H22Cl2N2O4S. The molecule has 1 amide bonds. The fourth-order valence-electron chi connectivity index (χ4n) is 2.89. The summed E-state index contributed by atoms with van der Waals surface area (Å²) in [7, 11) is -2.26. The van der Waals surface area contributed by atoms with Crippen LogP contribution in [0.15, 0.2) is 17.0 Å². The highest BCUT2D eigenvalue weighted by molar-refractivity contribution is 7.89. The summed E-state index contributed by atoms with van der Waals surface area (Å²) in [4.78, 5) is 10.9. The van der Waals surface area contributed by atoms with Crippen LogP contribution in [-0.4, -0.2) is 45.4 Å². The predicted molar refractivity (Wildman–Crippen MR) is 97.8 cm³/mol. The van der Waals surface area contributed by atoms with Crippen molar-refractivity contribution in [2.75, 3.05) is 26.7 Å². The maximum Gasteiger partial charge on any atom is 0.244 e. The Hall–Kier alpha value is -1.02. The molecule has 2 rings (SSSR count). The average Bonchev–Trinajstić information content (AvgIpc) is 2.56. The van der Waals surface area contributed by atoms with E-state index in [2.05, 4.69) is 5.32 Å². The largest absolute Gasteiger partial charge is 0.495 e. The molecule has 0 radical (unpaired) electrons. The molecule has 1 saturated heterocycles. The van der Waals surface area contributed by atoms with Gasteiger partial charge in [-0.05, 0) is 31.2 Å². The zero-order valence-electron chi connectivity index (χ0n) is 14.2. The van der Waals surface area contributed by atoms with Gasteiger partial charge in [0, 0.05) is 32.6 Å². The predicted octanol–water partition coefficient (Wildman–Crippen LogP) is 2.93. The molecular weight excluding hydrogens is 387 g/mol. The lowest BCUT2D eigenvalue weighted by molar-refractivity contribution is -0.119. The van der Waals surface area contributed by atoms with Gasteiger partial charge < -0.3 is 10.1 Å². The summed E-state index contributed by atoms with van der Waals surface area (Å²) >= 11 is 12.2. The number of hydrogen-bond donors (Lipinski definition) is 1. The van der Waals surface area contributed by atoms with Crippen LogP contribution in [0.5, 0.6) is 5.75 Å². The number of carbonyl (C=O) groups excluding carboxylic acids is 1. The second-order valence-electron chi connectivity index (χ2n) is 6.04. The molecule has 1 aliphatic heterocycles. The van der Waals surface area contributed by atoms with Crippen molar-refractivity contribution in [2.45, 2.75) is 31.1 Å². The van der Waals surface area contributed by atoms with Crippen molar-refractivity contribution >= 4 is 39.1 Å². The smallest absolute Gasteiger partial charge is 0.244 e. The van der Waals surface area contributed by atoms with Crippen molar-refractivity contribution in [3.8, 4) is 5.75 Å². The van der Waals surface area contributed by atoms with Crippen molar-refractivity contribution in [1.29, 1.82) is 0 Å². The van der Waals surface area contributed by atoms with E-state index in [0.717, 1.165) is 19.3 Å². The molecule has 0 aliphatic carbocycles. The lowest BCUT2D eigenvalue weighted by Gasteiger charge is -2.31. The highest BCUT2D eigenvalue weighted by Gasteiger charge is 2.31. The van der Waals surface area contributed by atoms with Crippen LogP contribution in [0, 0.1) is 5.92 Å². The van der Waals surface area contributed by atoms with Crippen LogP contribution in [0.1, 0.15) is 26.2 Å². The van der Waals surface area contributed by atoms with Gasteiger partial charge in [0.15, 0.2) is 0 Å². The van der Waals surface area contributed by atoms with Crippen molar-refractivity contribution in [2.24, 2.45) is 5.92 Å². The lowest BCUT2D eigenvalue weighted by atomic mass is 9.95. The first kappa shape index (κ1) is 20.3. The van der Waals surface area contributed by atoms with E-state index in [1.54, 1.807) is 0 Å². The van der Waals surface area contributed by atoms with Crippen LogP contribution < -0.4 is 10.1 Å². The maximum absolute atomic E-state index is 12.9. The number of ether oxygens (including phenoxy) is 1. The number of halogens is 2. The molecule has 6 nitrogen and oxygen atoms in total. The summed E-state index contributed by atoms with van der Waals surface area (Å²) in [6, 6.07) is 2.75. The van der Waals surface area contributed by atoms with Gasteiger partial charge in [0.25, 0.3) is 0 Å². The highest BCUT2D eigenvalue weighted by atomic mass is 35.5. The van der Waals surface area contributed by atoms with Gasteiger partial charge in [-0.15, -0.1) is 0 Å². The van der Waals surface area contributed by atoms with E-state index in [4.69, 9.17) is 27.9 Å². The molecule has 0 saturated carbocycles. The van der Waals surface area contributed by atoms with E-state index >= 15 is 0 Å². The summed E-state index contributed by atoms with van der Waals surface area (Å²) in [6.07, 6.45) is 2.35. The normalized spacial score (nSPS) is 16.6. The molecule has 1 aromatic carbocycles. The Morgan fingerprint density at radius 2 is 1.92 bits per heavy atom. The summed E-state index contributed by atoms with van der Waals surface area (Å²) in [5.74, 6) is 0.682. The third-order valence-corrected chi connectivity index (χ3v) is 6.98. The van der Waals surface area contributed by atoms with E-state index < -0.39 is 10.0 Å². The minimum atomic E-state index is -3.71. The van der Waals surface area contributed by atoms with Crippen molar-refractivity contribution in [3.05, 3.63) is 22.2 Å². The van der Waals surface area contributed by atoms with Gasteiger partial charge in [0.2, 0.25) is 15.9 Å². The van der Waals surface area contributed by atoms with Crippen LogP contribution in [0.3, 0.4) is 0 Å². The van der Waals surface area contributed by atoms with Crippen LogP contribution in [-0.2, 0) is 14.8 Å².